The van der Waals surface area contributed by atoms with Crippen molar-refractivity contribution < 1.29 is 20.3 Å². The van der Waals surface area contributed by atoms with Gasteiger partial charge in [0.05, 0.1) is 6.61 Å². The first-order valence-corrected chi connectivity index (χ1v) is 4.00. The summed E-state index contributed by atoms with van der Waals surface area (Å²) < 4.78 is 1.36. The molecule has 0 spiro atoms. The summed E-state index contributed by atoms with van der Waals surface area (Å²) in [7, 11) is 0. The van der Waals surface area contributed by atoms with Gasteiger partial charge in [-0.2, -0.15) is 0 Å². The molecule has 0 saturated carbocycles. The molecule has 0 bridgehead atoms. The van der Waals surface area contributed by atoms with Crippen LogP contribution in [0.2, 0.25) is 0 Å². The van der Waals surface area contributed by atoms with Crippen molar-refractivity contribution in [2.45, 2.75) is 13.5 Å². The fraction of sp³-hybridized carbons (Fsp3) is 0.500. The summed E-state index contributed by atoms with van der Waals surface area (Å²) in [6, 6.07) is 0. The Morgan fingerprint density at radius 2 is 2.00 bits per heavy atom. The minimum absolute atomic E-state index is 0.0819. The lowest BCUT2D eigenvalue weighted by molar-refractivity contribution is -0.742. The van der Waals surface area contributed by atoms with E-state index in [1.54, 1.807) is 6.92 Å². The van der Waals surface area contributed by atoms with E-state index in [9.17, 15) is 10.1 Å². The molecule has 10 nitrogen and oxygen atoms in total. The summed E-state index contributed by atoms with van der Waals surface area (Å²) in [5.74, 6) is 0.456. The molecule has 0 radical (unpaired) electrons. The van der Waals surface area contributed by atoms with Gasteiger partial charge in [0.1, 0.15) is 12.7 Å². The Hall–Kier alpha value is -2.23. The highest BCUT2D eigenvalue weighted by atomic mass is 16.9. The van der Waals surface area contributed by atoms with Gasteiger partial charge in [0, 0.05) is 6.92 Å². The lowest BCUT2D eigenvalue weighted by Gasteiger charge is -1.98. The highest BCUT2D eigenvalue weighted by molar-refractivity contribution is 5.18. The van der Waals surface area contributed by atoms with E-state index in [0.29, 0.717) is 5.82 Å². The normalized spacial score (nSPS) is 9.12. The van der Waals surface area contributed by atoms with Gasteiger partial charge in [-0.15, -0.1) is 10.1 Å². The second-order valence-corrected chi connectivity index (χ2v) is 2.53. The van der Waals surface area contributed by atoms with Crippen LogP contribution in [0.25, 0.3) is 0 Å². The molecule has 0 fully saturated rings. The fourth-order valence-corrected chi connectivity index (χ4v) is 0.978. The molecule has 1 rings (SSSR count). The zero-order valence-electron chi connectivity index (χ0n) is 8.31. The topological polar surface area (TPSA) is 145 Å². The third kappa shape index (κ3) is 4.32. The Morgan fingerprint density at radius 1 is 1.50 bits per heavy atom. The number of imidazole rings is 1. The van der Waals surface area contributed by atoms with Crippen molar-refractivity contribution in [1.29, 1.82) is 0 Å². The summed E-state index contributed by atoms with van der Waals surface area (Å²) in [5, 5.41) is 32.6. The van der Waals surface area contributed by atoms with Crippen LogP contribution in [-0.4, -0.2) is 36.5 Å². The maximum absolute atomic E-state index is 10.4. The Labute approximate surface area is 89.0 Å². The number of aliphatic hydroxyl groups is 1. The number of rotatable bonds is 3. The fourth-order valence-electron chi connectivity index (χ4n) is 0.978. The first kappa shape index (κ1) is 13.8. The second kappa shape index (κ2) is 6.29. The molecule has 2 N–H and O–H groups in total. The Bertz CT molecular complexity index is 371. The monoisotopic (exact) mass is 234 g/mol. The number of hydrogen-bond donors (Lipinski definition) is 2. The highest BCUT2D eigenvalue weighted by Crippen LogP contribution is 2.12. The molecule has 0 unspecified atom stereocenters. The second-order valence-electron chi connectivity index (χ2n) is 2.53. The van der Waals surface area contributed by atoms with E-state index < -0.39 is 10.0 Å². The predicted octanol–water partition coefficient (Wildman–Crippen LogP) is -0.256. The molecule has 0 saturated heterocycles. The highest BCUT2D eigenvalue weighted by Gasteiger charge is 2.15. The SMILES string of the molecule is Cc1ncc([N+](=O)[O-])n1CCO.O=[N+]([O-])O. The van der Waals surface area contributed by atoms with E-state index in [1.807, 2.05) is 0 Å². The van der Waals surface area contributed by atoms with Crippen molar-refractivity contribution >= 4 is 5.82 Å². The van der Waals surface area contributed by atoms with Crippen LogP contribution in [0.4, 0.5) is 5.82 Å². The van der Waals surface area contributed by atoms with Gasteiger partial charge in [0.25, 0.3) is 5.09 Å². The quantitative estimate of drug-likeness (QED) is 0.541. The molecular formula is C6H10N4O6. The molecule has 1 heterocycles. The summed E-state index contributed by atoms with van der Waals surface area (Å²) in [6.45, 7) is 1.74. The van der Waals surface area contributed by atoms with Crippen molar-refractivity contribution in [3.8, 4) is 0 Å². The number of aliphatic hydroxyl groups excluding tert-OH is 1. The smallest absolute Gasteiger partial charge is 0.342 e. The van der Waals surface area contributed by atoms with E-state index >= 15 is 0 Å². The predicted molar refractivity (Wildman–Crippen MR) is 49.5 cm³/mol. The lowest BCUT2D eigenvalue weighted by atomic mass is 10.6. The molecule has 90 valence electrons. The van der Waals surface area contributed by atoms with Crippen molar-refractivity contribution in [3.63, 3.8) is 0 Å². The largest absolute Gasteiger partial charge is 0.392 e. The average molecular weight is 234 g/mol. The number of nitro groups is 1. The van der Waals surface area contributed by atoms with E-state index in [0.717, 1.165) is 0 Å². The third-order valence-corrected chi connectivity index (χ3v) is 1.54. The Kier molecular flexibility index (Phi) is 5.41. The zero-order chi connectivity index (χ0) is 12.7. The van der Waals surface area contributed by atoms with Gasteiger partial charge < -0.3 is 20.4 Å². The first-order chi connectivity index (χ1) is 7.40. The standard InChI is InChI=1S/C6H9N3O3.HNO3/c1-5-7-4-6(9(11)12)8(5)2-3-10;2-1(3)4/h4,10H,2-3H2,1H3;(H,2,3,4). The maximum Gasteiger partial charge on any atom is 0.342 e. The molecule has 1 aromatic heterocycles. The van der Waals surface area contributed by atoms with Gasteiger partial charge in [-0.25, -0.2) is 9.55 Å². The molecule has 10 heteroatoms. The van der Waals surface area contributed by atoms with Gasteiger partial charge in [0.15, 0.2) is 5.82 Å². The van der Waals surface area contributed by atoms with Crippen LogP contribution in [0.3, 0.4) is 0 Å². The number of nitrogens with zero attached hydrogens (tertiary/aromatic N) is 4. The van der Waals surface area contributed by atoms with Gasteiger partial charge in [-0.3, -0.25) is 0 Å². The van der Waals surface area contributed by atoms with Crippen LogP contribution in [-0.2, 0) is 6.54 Å². The van der Waals surface area contributed by atoms with E-state index in [-0.39, 0.29) is 19.0 Å². The number of aryl methyl sites for hydroxylation is 1. The number of aromatic nitrogens is 2. The molecular weight excluding hydrogens is 224 g/mol. The summed E-state index contributed by atoms with van der Waals surface area (Å²) >= 11 is 0. The van der Waals surface area contributed by atoms with Crippen molar-refractivity contribution in [3.05, 3.63) is 32.2 Å². The lowest BCUT2D eigenvalue weighted by Crippen LogP contribution is -2.07. The zero-order valence-corrected chi connectivity index (χ0v) is 8.31. The first-order valence-electron chi connectivity index (χ1n) is 4.00. The molecule has 0 atom stereocenters. The molecule has 0 aromatic carbocycles. The summed E-state index contributed by atoms with van der Waals surface area (Å²) in [4.78, 5) is 22.0. The summed E-state index contributed by atoms with van der Waals surface area (Å²) in [5.41, 5.74) is 0. The van der Waals surface area contributed by atoms with Crippen molar-refractivity contribution in [2.24, 2.45) is 0 Å². The molecule has 0 amide bonds. The molecule has 16 heavy (non-hydrogen) atoms. The molecule has 0 aliphatic heterocycles. The van der Waals surface area contributed by atoms with Crippen molar-refractivity contribution in [1.82, 2.24) is 9.55 Å². The minimum atomic E-state index is -1.50. The molecule has 0 aliphatic carbocycles. The van der Waals surface area contributed by atoms with E-state index in [1.165, 1.54) is 10.8 Å². The van der Waals surface area contributed by atoms with E-state index in [4.69, 9.17) is 20.4 Å². The van der Waals surface area contributed by atoms with Crippen LogP contribution >= 0.6 is 0 Å². The Morgan fingerprint density at radius 3 is 2.38 bits per heavy atom. The van der Waals surface area contributed by atoms with E-state index in [2.05, 4.69) is 4.98 Å². The van der Waals surface area contributed by atoms with Gasteiger partial charge in [-0.1, -0.05) is 0 Å². The molecule has 1 aromatic rings. The Balaban J connectivity index is 0.000000487. The molecule has 0 aliphatic rings. The minimum Gasteiger partial charge on any atom is -0.392 e. The van der Waals surface area contributed by atoms with Crippen LogP contribution in [0.1, 0.15) is 5.82 Å². The number of hydrogen-bond acceptors (Lipinski definition) is 6. The van der Waals surface area contributed by atoms with Gasteiger partial charge in [-0.05, 0) is 4.92 Å². The summed E-state index contributed by atoms with van der Waals surface area (Å²) in [6.07, 6.45) is 1.19. The van der Waals surface area contributed by atoms with Gasteiger partial charge in [0.2, 0.25) is 0 Å². The van der Waals surface area contributed by atoms with Crippen molar-refractivity contribution in [2.75, 3.05) is 6.61 Å². The maximum atomic E-state index is 10.4. The van der Waals surface area contributed by atoms with Crippen LogP contribution in [0.15, 0.2) is 6.20 Å². The van der Waals surface area contributed by atoms with Crippen LogP contribution in [0.5, 0.6) is 0 Å². The van der Waals surface area contributed by atoms with Crippen LogP contribution < -0.4 is 0 Å². The van der Waals surface area contributed by atoms with Gasteiger partial charge >= 0.3 is 5.82 Å². The van der Waals surface area contributed by atoms with Crippen LogP contribution in [0, 0.1) is 27.2 Å². The average Bonchev–Trinajstić information content (AvgIpc) is 2.48. The third-order valence-electron chi connectivity index (χ3n) is 1.54.